The maximum Gasteiger partial charge on any atom is 0.472 e. The normalized spacial score (nSPS) is 14.4. The molecular weight excluding hydrogens is 888 g/mol. The van der Waals surface area contributed by atoms with Gasteiger partial charge in [-0.05, 0) is 83.5 Å². The summed E-state index contributed by atoms with van der Waals surface area (Å²) >= 11 is 0. The number of nitrogens with zero attached hydrogens (tertiary/aromatic N) is 1. The van der Waals surface area contributed by atoms with Crippen molar-refractivity contribution in [3.8, 4) is 0 Å². The zero-order chi connectivity index (χ0) is 51.3. The number of aliphatic hydroxyl groups is 1. The van der Waals surface area contributed by atoms with Crippen molar-refractivity contribution in [1.82, 2.24) is 5.32 Å². The van der Waals surface area contributed by atoms with Crippen molar-refractivity contribution in [3.63, 3.8) is 0 Å². The Labute approximate surface area is 434 Å². The number of hydrogen-bond acceptors (Lipinski definition) is 5. The first-order valence-electron chi connectivity index (χ1n) is 29.3. The standard InChI is InChI=1S/C61H113N2O6P/c1-6-8-10-12-14-16-18-20-22-23-24-25-26-27-28-29-30-31-32-33-34-35-36-37-38-39-41-43-45-47-49-51-53-55-61(65)62-59(58-69-70(66,67)68-57-56-63(3,4)5)60(64)54-52-50-48-46-44-42-40-21-19-17-15-13-11-9-7-2/h18-21,23-24,26-27,44,46,52,54,59-60,64H,6-17,22,25,28-43,45,47-51,53,55-58H2,1-5H3,(H-,62,65,66,67)/p+1/b20-18-,21-19+,24-23-,27-26-,46-44+,54-52+. The van der Waals surface area contributed by atoms with Gasteiger partial charge in [0.05, 0.1) is 39.9 Å². The van der Waals surface area contributed by atoms with Gasteiger partial charge < -0.3 is 19.8 Å². The van der Waals surface area contributed by atoms with Crippen molar-refractivity contribution < 1.29 is 32.9 Å². The summed E-state index contributed by atoms with van der Waals surface area (Å²) in [7, 11) is 1.55. The molecule has 0 spiro atoms. The molecular formula is C61H114N2O6P+. The van der Waals surface area contributed by atoms with E-state index in [2.05, 4.69) is 79.9 Å². The van der Waals surface area contributed by atoms with Crippen LogP contribution in [0.1, 0.15) is 258 Å². The number of phosphoric ester groups is 1. The molecule has 3 atom stereocenters. The lowest BCUT2D eigenvalue weighted by molar-refractivity contribution is -0.870. The van der Waals surface area contributed by atoms with Gasteiger partial charge in [0.25, 0.3) is 0 Å². The summed E-state index contributed by atoms with van der Waals surface area (Å²) in [5.41, 5.74) is 0. The number of hydrogen-bond donors (Lipinski definition) is 3. The molecule has 0 bridgehead atoms. The third kappa shape index (κ3) is 53.7. The van der Waals surface area contributed by atoms with E-state index in [4.69, 9.17) is 9.05 Å². The van der Waals surface area contributed by atoms with Gasteiger partial charge in [0.2, 0.25) is 5.91 Å². The first-order valence-corrected chi connectivity index (χ1v) is 30.8. The predicted molar refractivity (Wildman–Crippen MR) is 304 cm³/mol. The number of aliphatic hydroxyl groups excluding tert-OH is 1. The van der Waals surface area contributed by atoms with E-state index < -0.39 is 20.0 Å². The molecule has 0 aliphatic rings. The van der Waals surface area contributed by atoms with Crippen LogP contribution >= 0.6 is 7.82 Å². The Bertz CT molecular complexity index is 1370. The number of carbonyl (C=O) groups is 1. The van der Waals surface area contributed by atoms with Crippen LogP contribution in [0.4, 0.5) is 0 Å². The minimum absolute atomic E-state index is 0.0521. The van der Waals surface area contributed by atoms with Gasteiger partial charge in [-0.1, -0.05) is 241 Å². The summed E-state index contributed by atoms with van der Waals surface area (Å²) in [6.45, 7) is 4.77. The summed E-state index contributed by atoms with van der Waals surface area (Å²) in [5, 5.41) is 13.9. The van der Waals surface area contributed by atoms with E-state index in [1.807, 2.05) is 27.2 Å². The van der Waals surface area contributed by atoms with E-state index in [0.717, 1.165) is 57.8 Å². The van der Waals surface area contributed by atoms with Crippen molar-refractivity contribution in [2.45, 2.75) is 270 Å². The summed E-state index contributed by atoms with van der Waals surface area (Å²) < 4.78 is 23.6. The molecule has 1 amide bonds. The van der Waals surface area contributed by atoms with Gasteiger partial charge in [-0.3, -0.25) is 13.8 Å². The van der Waals surface area contributed by atoms with Crippen LogP contribution in [0.3, 0.4) is 0 Å². The first-order chi connectivity index (χ1) is 34.0. The second-order valence-corrected chi connectivity index (χ2v) is 22.4. The molecule has 3 N–H and O–H groups in total. The highest BCUT2D eigenvalue weighted by atomic mass is 31.2. The fourth-order valence-electron chi connectivity index (χ4n) is 8.26. The zero-order valence-corrected chi connectivity index (χ0v) is 47.4. The quantitative estimate of drug-likeness (QED) is 0.0243. The van der Waals surface area contributed by atoms with Gasteiger partial charge in [-0.15, -0.1) is 0 Å². The molecule has 0 fully saturated rings. The van der Waals surface area contributed by atoms with E-state index in [9.17, 15) is 19.4 Å². The van der Waals surface area contributed by atoms with Crippen LogP contribution in [-0.4, -0.2) is 73.4 Å². The molecule has 0 aromatic carbocycles. The Morgan fingerprint density at radius 1 is 0.486 bits per heavy atom. The minimum atomic E-state index is -4.36. The van der Waals surface area contributed by atoms with E-state index in [1.54, 1.807) is 6.08 Å². The minimum Gasteiger partial charge on any atom is -0.387 e. The molecule has 3 unspecified atom stereocenters. The second kappa shape index (κ2) is 51.8. The Morgan fingerprint density at radius 2 is 0.829 bits per heavy atom. The second-order valence-electron chi connectivity index (χ2n) is 21.0. The monoisotopic (exact) mass is 1000 g/mol. The Morgan fingerprint density at radius 3 is 1.24 bits per heavy atom. The summed E-state index contributed by atoms with van der Waals surface area (Å²) in [5.74, 6) is -0.191. The van der Waals surface area contributed by atoms with Crippen LogP contribution < -0.4 is 5.32 Å². The Hall–Kier alpha value is -2.06. The molecule has 0 radical (unpaired) electrons. The van der Waals surface area contributed by atoms with Crippen molar-refractivity contribution in [2.75, 3.05) is 40.9 Å². The molecule has 0 aromatic heterocycles. The predicted octanol–water partition coefficient (Wildman–Crippen LogP) is 17.9. The van der Waals surface area contributed by atoms with Crippen LogP contribution in [0.5, 0.6) is 0 Å². The fraction of sp³-hybridized carbons (Fsp3) is 0.787. The highest BCUT2D eigenvalue weighted by Gasteiger charge is 2.27. The van der Waals surface area contributed by atoms with E-state index in [0.29, 0.717) is 17.4 Å². The highest BCUT2D eigenvalue weighted by Crippen LogP contribution is 2.43. The fourth-order valence-corrected chi connectivity index (χ4v) is 8.99. The molecule has 9 heteroatoms. The third-order valence-corrected chi connectivity index (χ3v) is 13.9. The summed E-state index contributed by atoms with van der Waals surface area (Å²) in [4.78, 5) is 23.3. The third-order valence-electron chi connectivity index (χ3n) is 12.9. The average molecular weight is 1000 g/mol. The van der Waals surface area contributed by atoms with Gasteiger partial charge in [0.15, 0.2) is 0 Å². The molecule has 0 aliphatic carbocycles. The topological polar surface area (TPSA) is 105 Å². The molecule has 0 saturated carbocycles. The molecule has 8 nitrogen and oxygen atoms in total. The molecule has 0 heterocycles. The van der Waals surface area contributed by atoms with E-state index in [1.165, 1.54) is 180 Å². The molecule has 0 aliphatic heterocycles. The SMILES string of the molecule is CCCCCCC/C=C\C/C=C\C/C=C\CCCCCCCCCCCCCCCCCCCCC(=O)NC(COP(=O)(O)OCC[N+](C)(C)C)C(O)/C=C/CC/C=C/CC/C=C/CCCCCCC. The Kier molecular flexibility index (Phi) is 50.3. The van der Waals surface area contributed by atoms with E-state index >= 15 is 0 Å². The highest BCUT2D eigenvalue weighted by molar-refractivity contribution is 7.47. The lowest BCUT2D eigenvalue weighted by atomic mass is 10.0. The summed E-state index contributed by atoms with van der Waals surface area (Å²) in [6.07, 6.45) is 71.6. The number of phosphoric acid groups is 1. The smallest absolute Gasteiger partial charge is 0.387 e. The van der Waals surface area contributed by atoms with Crippen LogP contribution in [0.15, 0.2) is 72.9 Å². The molecule has 408 valence electrons. The summed E-state index contributed by atoms with van der Waals surface area (Å²) in [6, 6.07) is -0.871. The maximum absolute atomic E-state index is 13.0. The Balaban J connectivity index is 4.09. The van der Waals surface area contributed by atoms with Crippen molar-refractivity contribution >= 4 is 13.7 Å². The van der Waals surface area contributed by atoms with Crippen molar-refractivity contribution in [1.29, 1.82) is 0 Å². The van der Waals surface area contributed by atoms with Gasteiger partial charge in [-0.2, -0.15) is 0 Å². The van der Waals surface area contributed by atoms with Crippen LogP contribution in [0, 0.1) is 0 Å². The zero-order valence-electron chi connectivity index (χ0n) is 46.5. The number of allylic oxidation sites excluding steroid dienone is 11. The number of rotatable bonds is 53. The number of carbonyl (C=O) groups excluding carboxylic acids is 1. The molecule has 0 saturated heterocycles. The lowest BCUT2D eigenvalue weighted by Gasteiger charge is -2.25. The number of nitrogens with one attached hydrogen (secondary N) is 1. The van der Waals surface area contributed by atoms with Gasteiger partial charge in [0.1, 0.15) is 13.2 Å². The van der Waals surface area contributed by atoms with Gasteiger partial charge in [0, 0.05) is 6.42 Å². The molecule has 0 aromatic rings. The lowest BCUT2D eigenvalue weighted by Crippen LogP contribution is -2.45. The van der Waals surface area contributed by atoms with Crippen LogP contribution in [-0.2, 0) is 18.4 Å². The average Bonchev–Trinajstić information content (AvgIpc) is 3.32. The number of quaternary nitrogens is 1. The van der Waals surface area contributed by atoms with Gasteiger partial charge in [-0.25, -0.2) is 4.57 Å². The van der Waals surface area contributed by atoms with Crippen molar-refractivity contribution in [3.05, 3.63) is 72.9 Å². The van der Waals surface area contributed by atoms with Crippen LogP contribution in [0.2, 0.25) is 0 Å². The van der Waals surface area contributed by atoms with Crippen molar-refractivity contribution in [2.24, 2.45) is 0 Å². The van der Waals surface area contributed by atoms with E-state index in [-0.39, 0.29) is 19.1 Å². The molecule has 70 heavy (non-hydrogen) atoms. The van der Waals surface area contributed by atoms with Gasteiger partial charge >= 0.3 is 7.82 Å². The largest absolute Gasteiger partial charge is 0.472 e. The number of likely N-dealkylation sites (N-methyl/N-ethyl adjacent to an activating group) is 1. The molecule has 0 rings (SSSR count). The number of unbranched alkanes of at least 4 members (excludes halogenated alkanes) is 30. The maximum atomic E-state index is 13.0. The first kappa shape index (κ1) is 67.9. The van der Waals surface area contributed by atoms with Crippen LogP contribution in [0.25, 0.3) is 0 Å². The number of amides is 1.